The minimum absolute atomic E-state index is 0.154. The van der Waals surface area contributed by atoms with E-state index in [0.717, 1.165) is 18.8 Å². The molecule has 0 bridgehead atoms. The average Bonchev–Trinajstić information content (AvgIpc) is 2.75. The molecular weight excluding hydrogens is 200 g/mol. The van der Waals surface area contributed by atoms with Gasteiger partial charge in [0.2, 0.25) is 5.91 Å². The highest BCUT2D eigenvalue weighted by molar-refractivity contribution is 5.78. The molecule has 1 rings (SSSR count). The number of hydrogen-bond acceptors (Lipinski definition) is 2. The first-order chi connectivity index (χ1) is 7.70. The summed E-state index contributed by atoms with van der Waals surface area (Å²) in [5, 5.41) is 0. The molecule has 1 heterocycles. The van der Waals surface area contributed by atoms with Crippen molar-refractivity contribution in [3.05, 3.63) is 18.7 Å². The van der Waals surface area contributed by atoms with Gasteiger partial charge in [-0.05, 0) is 12.3 Å². The zero-order chi connectivity index (χ0) is 11.8. The van der Waals surface area contributed by atoms with Crippen LogP contribution in [0.3, 0.4) is 0 Å². The summed E-state index contributed by atoms with van der Waals surface area (Å²) in [6.45, 7) is 4.51. The highest BCUT2D eigenvalue weighted by atomic mass is 16.2. The van der Waals surface area contributed by atoms with Gasteiger partial charge >= 0.3 is 0 Å². The van der Waals surface area contributed by atoms with Crippen molar-refractivity contribution < 1.29 is 4.79 Å². The Balaban J connectivity index is 2.01. The number of unbranched alkanes of at least 4 members (excludes halogenated alkanes) is 3. The standard InChI is InChI=1S/C13H22N2O/c1-12(2)7-5-3-4-6-8-13(16)15-10-9-14-11-15/h9-12H,3-8H2,1-2H3. The van der Waals surface area contributed by atoms with E-state index in [1.54, 1.807) is 23.3 Å². The first-order valence-corrected chi connectivity index (χ1v) is 6.21. The molecule has 0 radical (unpaired) electrons. The van der Waals surface area contributed by atoms with Crippen LogP contribution in [0.15, 0.2) is 18.7 Å². The fraction of sp³-hybridized carbons (Fsp3) is 0.692. The summed E-state index contributed by atoms with van der Waals surface area (Å²) in [7, 11) is 0. The number of imidazole rings is 1. The van der Waals surface area contributed by atoms with E-state index in [1.165, 1.54) is 19.3 Å². The molecule has 0 amide bonds. The molecule has 0 saturated heterocycles. The second-order valence-electron chi connectivity index (χ2n) is 4.71. The molecule has 0 aromatic carbocycles. The SMILES string of the molecule is CC(C)CCCCCCC(=O)n1ccnc1. The Hall–Kier alpha value is -1.12. The highest BCUT2D eigenvalue weighted by Gasteiger charge is 2.03. The highest BCUT2D eigenvalue weighted by Crippen LogP contribution is 2.10. The van der Waals surface area contributed by atoms with Crippen LogP contribution < -0.4 is 0 Å². The van der Waals surface area contributed by atoms with E-state index in [0.29, 0.717) is 6.42 Å². The Morgan fingerprint density at radius 1 is 1.25 bits per heavy atom. The van der Waals surface area contributed by atoms with Crippen LogP contribution in [-0.4, -0.2) is 15.5 Å². The summed E-state index contributed by atoms with van der Waals surface area (Å²) in [5.41, 5.74) is 0. The van der Waals surface area contributed by atoms with E-state index in [4.69, 9.17) is 0 Å². The van der Waals surface area contributed by atoms with Gasteiger partial charge in [0.05, 0.1) is 0 Å². The van der Waals surface area contributed by atoms with Crippen molar-refractivity contribution in [1.29, 1.82) is 0 Å². The maximum atomic E-state index is 11.6. The van der Waals surface area contributed by atoms with Crippen molar-refractivity contribution in [3.8, 4) is 0 Å². The molecule has 0 fully saturated rings. The first kappa shape index (κ1) is 12.9. The summed E-state index contributed by atoms with van der Waals surface area (Å²) in [6, 6.07) is 0. The number of nitrogens with zero attached hydrogens (tertiary/aromatic N) is 2. The van der Waals surface area contributed by atoms with Crippen molar-refractivity contribution in [2.45, 2.75) is 52.4 Å². The van der Waals surface area contributed by atoms with Crippen molar-refractivity contribution in [2.24, 2.45) is 5.92 Å². The number of carbonyl (C=O) groups excluding carboxylic acids is 1. The van der Waals surface area contributed by atoms with Gasteiger partial charge in [0, 0.05) is 18.8 Å². The summed E-state index contributed by atoms with van der Waals surface area (Å²) in [5.74, 6) is 0.953. The van der Waals surface area contributed by atoms with Gasteiger partial charge in [0.1, 0.15) is 6.33 Å². The topological polar surface area (TPSA) is 34.9 Å². The molecule has 0 aliphatic rings. The van der Waals surface area contributed by atoms with Crippen molar-refractivity contribution in [3.63, 3.8) is 0 Å². The molecule has 0 aliphatic heterocycles. The predicted octanol–water partition coefficient (Wildman–Crippen LogP) is 3.52. The van der Waals surface area contributed by atoms with Crippen LogP contribution in [0.25, 0.3) is 0 Å². The Morgan fingerprint density at radius 3 is 2.62 bits per heavy atom. The molecule has 3 nitrogen and oxygen atoms in total. The lowest BCUT2D eigenvalue weighted by atomic mass is 10.0. The Kier molecular flexibility index (Phi) is 5.83. The van der Waals surface area contributed by atoms with E-state index in [2.05, 4.69) is 18.8 Å². The van der Waals surface area contributed by atoms with Gasteiger partial charge in [-0.25, -0.2) is 4.98 Å². The lowest BCUT2D eigenvalue weighted by Crippen LogP contribution is -2.07. The second kappa shape index (κ2) is 7.20. The van der Waals surface area contributed by atoms with Crippen LogP contribution in [0.2, 0.25) is 0 Å². The number of carbonyl (C=O) groups is 1. The second-order valence-corrected chi connectivity index (χ2v) is 4.71. The Labute approximate surface area is 97.9 Å². The van der Waals surface area contributed by atoms with Crippen molar-refractivity contribution in [1.82, 2.24) is 9.55 Å². The molecule has 1 aromatic rings. The molecule has 0 atom stereocenters. The normalized spacial score (nSPS) is 10.9. The predicted molar refractivity (Wildman–Crippen MR) is 65.4 cm³/mol. The zero-order valence-electron chi connectivity index (χ0n) is 10.4. The lowest BCUT2D eigenvalue weighted by molar-refractivity contribution is 0.0898. The summed E-state index contributed by atoms with van der Waals surface area (Å²) in [6.07, 6.45) is 11.5. The van der Waals surface area contributed by atoms with Crippen LogP contribution in [0.1, 0.15) is 57.2 Å². The molecule has 0 saturated carbocycles. The third-order valence-electron chi connectivity index (χ3n) is 2.71. The van der Waals surface area contributed by atoms with Crippen molar-refractivity contribution >= 4 is 5.91 Å². The molecule has 3 heteroatoms. The zero-order valence-corrected chi connectivity index (χ0v) is 10.4. The van der Waals surface area contributed by atoms with Gasteiger partial charge in [0.15, 0.2) is 0 Å². The largest absolute Gasteiger partial charge is 0.276 e. The Bertz CT molecular complexity index is 291. The molecule has 0 N–H and O–H groups in total. The van der Waals surface area contributed by atoms with E-state index in [-0.39, 0.29) is 5.91 Å². The van der Waals surface area contributed by atoms with Gasteiger partial charge < -0.3 is 0 Å². The van der Waals surface area contributed by atoms with Gasteiger partial charge in [0.25, 0.3) is 0 Å². The molecule has 90 valence electrons. The monoisotopic (exact) mass is 222 g/mol. The van der Waals surface area contributed by atoms with Crippen LogP contribution in [0.5, 0.6) is 0 Å². The van der Waals surface area contributed by atoms with Crippen LogP contribution >= 0.6 is 0 Å². The fourth-order valence-corrected chi connectivity index (χ4v) is 1.72. The van der Waals surface area contributed by atoms with Gasteiger partial charge in [-0.1, -0.05) is 39.5 Å². The van der Waals surface area contributed by atoms with E-state index in [1.807, 2.05) is 0 Å². The quantitative estimate of drug-likeness (QED) is 0.662. The number of hydrogen-bond donors (Lipinski definition) is 0. The molecule has 0 aliphatic carbocycles. The number of rotatable bonds is 7. The van der Waals surface area contributed by atoms with E-state index < -0.39 is 0 Å². The van der Waals surface area contributed by atoms with Gasteiger partial charge in [-0.2, -0.15) is 0 Å². The molecule has 0 spiro atoms. The smallest absolute Gasteiger partial charge is 0.231 e. The maximum absolute atomic E-state index is 11.6. The Morgan fingerprint density at radius 2 is 2.00 bits per heavy atom. The lowest BCUT2D eigenvalue weighted by Gasteiger charge is -2.04. The average molecular weight is 222 g/mol. The van der Waals surface area contributed by atoms with Gasteiger partial charge in [-0.15, -0.1) is 0 Å². The maximum Gasteiger partial charge on any atom is 0.231 e. The summed E-state index contributed by atoms with van der Waals surface area (Å²) < 4.78 is 1.56. The molecule has 0 unspecified atom stereocenters. The third kappa shape index (κ3) is 5.10. The molecular formula is C13H22N2O. The number of aromatic nitrogens is 2. The molecule has 1 aromatic heterocycles. The van der Waals surface area contributed by atoms with Crippen LogP contribution in [-0.2, 0) is 0 Å². The van der Waals surface area contributed by atoms with Gasteiger partial charge in [-0.3, -0.25) is 9.36 Å². The van der Waals surface area contributed by atoms with Crippen LogP contribution in [0.4, 0.5) is 0 Å². The van der Waals surface area contributed by atoms with E-state index >= 15 is 0 Å². The van der Waals surface area contributed by atoms with Crippen molar-refractivity contribution in [2.75, 3.05) is 0 Å². The fourth-order valence-electron chi connectivity index (χ4n) is 1.72. The van der Waals surface area contributed by atoms with E-state index in [9.17, 15) is 4.79 Å². The van der Waals surface area contributed by atoms with Crippen LogP contribution in [0, 0.1) is 5.92 Å². The minimum Gasteiger partial charge on any atom is -0.276 e. The summed E-state index contributed by atoms with van der Waals surface area (Å²) >= 11 is 0. The summed E-state index contributed by atoms with van der Waals surface area (Å²) in [4.78, 5) is 15.4. The third-order valence-corrected chi connectivity index (χ3v) is 2.71. The first-order valence-electron chi connectivity index (χ1n) is 6.21. The molecule has 16 heavy (non-hydrogen) atoms. The minimum atomic E-state index is 0.154.